The van der Waals surface area contributed by atoms with Crippen LogP contribution in [0.5, 0.6) is 11.5 Å². The maximum absolute atomic E-state index is 13.3. The second-order valence-electron chi connectivity index (χ2n) is 7.65. The van der Waals surface area contributed by atoms with Crippen molar-refractivity contribution in [1.82, 2.24) is 4.90 Å². The van der Waals surface area contributed by atoms with Crippen LogP contribution in [0.15, 0.2) is 42.5 Å². The molecule has 0 bridgehead atoms. The Morgan fingerprint density at radius 3 is 2.67 bits per heavy atom. The number of ether oxygens (including phenoxy) is 3. The number of aliphatic hydroxyl groups is 1. The lowest BCUT2D eigenvalue weighted by Crippen LogP contribution is -2.49. The highest BCUT2D eigenvalue weighted by Crippen LogP contribution is 2.43. The molecule has 0 aliphatic carbocycles. The van der Waals surface area contributed by atoms with Crippen molar-refractivity contribution in [3.05, 3.63) is 53.6 Å². The van der Waals surface area contributed by atoms with Crippen LogP contribution < -0.4 is 14.4 Å². The van der Waals surface area contributed by atoms with E-state index in [0.29, 0.717) is 61.3 Å². The average Bonchev–Trinajstić information content (AvgIpc) is 3.32. The highest BCUT2D eigenvalue weighted by atomic mass is 16.7. The molecular formula is C22H22N2O6. The van der Waals surface area contributed by atoms with Crippen molar-refractivity contribution in [3.8, 4) is 11.5 Å². The monoisotopic (exact) mass is 410 g/mol. The number of carbonyl (C=O) groups excluding carboxylic acids is 2. The van der Waals surface area contributed by atoms with E-state index in [2.05, 4.69) is 4.90 Å². The smallest absolute Gasteiger partial charge is 0.265 e. The fourth-order valence-corrected chi connectivity index (χ4v) is 4.16. The number of rotatable bonds is 5. The quantitative estimate of drug-likeness (QED) is 0.748. The summed E-state index contributed by atoms with van der Waals surface area (Å²) >= 11 is 0. The first-order valence-corrected chi connectivity index (χ1v) is 9.93. The summed E-state index contributed by atoms with van der Waals surface area (Å²) in [6.45, 7) is 3.09. The number of carbonyl (C=O) groups is 2. The summed E-state index contributed by atoms with van der Waals surface area (Å²) in [5.74, 6) is 0.237. The molecule has 8 nitrogen and oxygen atoms in total. The van der Waals surface area contributed by atoms with Crippen LogP contribution in [0.3, 0.4) is 0 Å². The number of fused-ring (bicyclic) bond motifs is 2. The zero-order valence-electron chi connectivity index (χ0n) is 16.4. The van der Waals surface area contributed by atoms with E-state index < -0.39 is 11.5 Å². The number of hydrogen-bond donors (Lipinski definition) is 1. The third-order valence-corrected chi connectivity index (χ3v) is 5.80. The molecule has 5 rings (SSSR count). The Morgan fingerprint density at radius 2 is 1.83 bits per heavy atom. The van der Waals surface area contributed by atoms with Crippen molar-refractivity contribution in [2.24, 2.45) is 0 Å². The molecule has 0 spiro atoms. The van der Waals surface area contributed by atoms with E-state index >= 15 is 0 Å². The highest BCUT2D eigenvalue weighted by molar-refractivity contribution is 6.10. The van der Waals surface area contributed by atoms with Gasteiger partial charge in [0, 0.05) is 24.2 Å². The first kappa shape index (κ1) is 19.0. The Kier molecular flexibility index (Phi) is 4.69. The number of anilines is 1. The fraction of sp³-hybridized carbons (Fsp3) is 0.364. The first-order valence-electron chi connectivity index (χ1n) is 9.93. The van der Waals surface area contributed by atoms with Crippen molar-refractivity contribution in [2.75, 3.05) is 44.7 Å². The number of hydrogen-bond acceptors (Lipinski definition) is 7. The van der Waals surface area contributed by atoms with Gasteiger partial charge in [0.15, 0.2) is 22.9 Å². The summed E-state index contributed by atoms with van der Waals surface area (Å²) in [5, 5.41) is 11.4. The van der Waals surface area contributed by atoms with E-state index in [1.807, 2.05) is 6.07 Å². The van der Waals surface area contributed by atoms with Gasteiger partial charge in [-0.3, -0.25) is 19.4 Å². The third-order valence-electron chi connectivity index (χ3n) is 5.80. The lowest BCUT2D eigenvalue weighted by molar-refractivity contribution is -0.136. The zero-order chi connectivity index (χ0) is 20.7. The second-order valence-corrected chi connectivity index (χ2v) is 7.65. The normalized spacial score (nSPS) is 23.0. The molecule has 0 saturated carbocycles. The summed E-state index contributed by atoms with van der Waals surface area (Å²) in [5.41, 5.74) is -0.451. The van der Waals surface area contributed by atoms with Crippen molar-refractivity contribution in [1.29, 1.82) is 0 Å². The largest absolute Gasteiger partial charge is 0.454 e. The van der Waals surface area contributed by atoms with E-state index in [4.69, 9.17) is 14.2 Å². The number of morpholine rings is 1. The highest BCUT2D eigenvalue weighted by Gasteiger charge is 2.51. The number of amides is 1. The van der Waals surface area contributed by atoms with Gasteiger partial charge >= 0.3 is 0 Å². The number of para-hydroxylation sites is 1. The molecule has 30 heavy (non-hydrogen) atoms. The Bertz CT molecular complexity index is 1000. The van der Waals surface area contributed by atoms with Crippen molar-refractivity contribution >= 4 is 17.4 Å². The van der Waals surface area contributed by atoms with Gasteiger partial charge in [0.1, 0.15) is 0 Å². The van der Waals surface area contributed by atoms with Crippen LogP contribution in [0, 0.1) is 0 Å². The Labute approximate surface area is 173 Å². The minimum absolute atomic E-state index is 0.110. The molecule has 1 atom stereocenters. The predicted molar refractivity (Wildman–Crippen MR) is 107 cm³/mol. The van der Waals surface area contributed by atoms with Crippen LogP contribution in [0.25, 0.3) is 0 Å². The van der Waals surface area contributed by atoms with Crippen molar-refractivity contribution in [3.63, 3.8) is 0 Å². The molecule has 0 radical (unpaired) electrons. The Balaban J connectivity index is 1.42. The molecule has 3 heterocycles. The van der Waals surface area contributed by atoms with Crippen molar-refractivity contribution in [2.45, 2.75) is 12.0 Å². The van der Waals surface area contributed by atoms with E-state index in [-0.39, 0.29) is 19.0 Å². The molecule has 3 aliphatic rings. The van der Waals surface area contributed by atoms with Crippen LogP contribution >= 0.6 is 0 Å². The summed E-state index contributed by atoms with van der Waals surface area (Å²) in [7, 11) is 0. The van der Waals surface area contributed by atoms with Crippen LogP contribution in [0.4, 0.5) is 5.69 Å². The van der Waals surface area contributed by atoms with Gasteiger partial charge < -0.3 is 19.3 Å². The van der Waals surface area contributed by atoms with Gasteiger partial charge in [-0.2, -0.15) is 0 Å². The van der Waals surface area contributed by atoms with E-state index in [0.717, 1.165) is 0 Å². The standard InChI is InChI=1S/C22H22N2O6/c25-18(15-5-6-19-20(11-15)30-14-29-19)12-22(27)16-3-1-2-4-17(16)24(21(22)26)13-23-7-9-28-10-8-23/h1-6,11,27H,7-10,12-14H2/t22-/m0/s1. The summed E-state index contributed by atoms with van der Waals surface area (Å²) in [4.78, 5) is 30.0. The molecule has 1 saturated heterocycles. The molecular weight excluding hydrogens is 388 g/mol. The minimum Gasteiger partial charge on any atom is -0.454 e. The number of Topliss-reactive ketones (excluding diaryl/α,β-unsaturated/α-hetero) is 1. The van der Waals surface area contributed by atoms with Crippen LogP contribution in [0.2, 0.25) is 0 Å². The fourth-order valence-electron chi connectivity index (χ4n) is 4.16. The number of nitrogens with zero attached hydrogens (tertiary/aromatic N) is 2. The number of ketones is 1. The SMILES string of the molecule is O=C(C[C@@]1(O)C(=O)N(CN2CCOCC2)c2ccccc21)c1ccc2c(c1)OCO2. The lowest BCUT2D eigenvalue weighted by atomic mass is 9.88. The first-order chi connectivity index (χ1) is 14.6. The summed E-state index contributed by atoms with van der Waals surface area (Å²) < 4.78 is 16.0. The second kappa shape index (κ2) is 7.39. The summed E-state index contributed by atoms with van der Waals surface area (Å²) in [6, 6.07) is 12.0. The third kappa shape index (κ3) is 3.13. The van der Waals surface area contributed by atoms with Gasteiger partial charge in [-0.05, 0) is 24.3 Å². The van der Waals surface area contributed by atoms with Crippen LogP contribution in [-0.2, 0) is 15.1 Å². The molecule has 1 N–H and O–H groups in total. The van der Waals surface area contributed by atoms with Gasteiger partial charge in [0.25, 0.3) is 5.91 Å². The van der Waals surface area contributed by atoms with Gasteiger partial charge in [-0.1, -0.05) is 18.2 Å². The topological polar surface area (TPSA) is 88.5 Å². The number of benzene rings is 2. The van der Waals surface area contributed by atoms with Crippen LogP contribution in [0.1, 0.15) is 22.3 Å². The van der Waals surface area contributed by atoms with E-state index in [9.17, 15) is 14.7 Å². The molecule has 156 valence electrons. The van der Waals surface area contributed by atoms with Crippen LogP contribution in [-0.4, -0.2) is 61.5 Å². The van der Waals surface area contributed by atoms with E-state index in [1.54, 1.807) is 41.3 Å². The Morgan fingerprint density at radius 1 is 1.07 bits per heavy atom. The molecule has 0 unspecified atom stereocenters. The minimum atomic E-state index is -1.91. The molecule has 0 aromatic heterocycles. The molecule has 1 fully saturated rings. The lowest BCUT2D eigenvalue weighted by Gasteiger charge is -2.31. The maximum Gasteiger partial charge on any atom is 0.265 e. The Hall–Kier alpha value is -2.94. The average molecular weight is 410 g/mol. The maximum atomic E-state index is 13.3. The zero-order valence-corrected chi connectivity index (χ0v) is 16.4. The molecule has 8 heteroatoms. The van der Waals surface area contributed by atoms with E-state index in [1.165, 1.54) is 0 Å². The molecule has 2 aromatic rings. The molecule has 3 aliphatic heterocycles. The summed E-state index contributed by atoms with van der Waals surface area (Å²) in [6.07, 6.45) is -0.345. The van der Waals surface area contributed by atoms with Gasteiger partial charge in [-0.25, -0.2) is 0 Å². The van der Waals surface area contributed by atoms with Gasteiger partial charge in [0.05, 0.1) is 32.0 Å². The predicted octanol–water partition coefficient (Wildman–Crippen LogP) is 1.51. The van der Waals surface area contributed by atoms with Gasteiger partial charge in [-0.15, -0.1) is 0 Å². The van der Waals surface area contributed by atoms with Crippen molar-refractivity contribution < 1.29 is 28.9 Å². The molecule has 1 amide bonds. The molecule has 2 aromatic carbocycles. The van der Waals surface area contributed by atoms with Gasteiger partial charge in [0.2, 0.25) is 6.79 Å².